The summed E-state index contributed by atoms with van der Waals surface area (Å²) >= 11 is 0. The zero-order chi connectivity index (χ0) is 24.0. The first-order valence-electron chi connectivity index (χ1n) is 12.0. The fourth-order valence-electron chi connectivity index (χ4n) is 4.39. The van der Waals surface area contributed by atoms with E-state index in [9.17, 15) is 4.79 Å². The number of carbonyl (C=O) groups is 1. The summed E-state index contributed by atoms with van der Waals surface area (Å²) in [5.41, 5.74) is 15.6. The molecule has 1 aromatic heterocycles. The first-order chi connectivity index (χ1) is 15.8. The highest BCUT2D eigenvalue weighted by Crippen LogP contribution is 2.29. The van der Waals surface area contributed by atoms with Crippen molar-refractivity contribution in [2.75, 3.05) is 39.3 Å². The number of aryl methyl sites for hydroxylation is 1. The summed E-state index contributed by atoms with van der Waals surface area (Å²) in [4.78, 5) is 18.5. The maximum Gasteiger partial charge on any atom is 0.355 e. The van der Waals surface area contributed by atoms with Crippen LogP contribution in [0, 0.1) is 18.8 Å². The Morgan fingerprint density at radius 2 is 2.06 bits per heavy atom. The molecule has 1 saturated heterocycles. The lowest BCUT2D eigenvalue weighted by molar-refractivity contribution is 0.0482. The second kappa shape index (κ2) is 11.5. The molecule has 0 radical (unpaired) electrons. The van der Waals surface area contributed by atoms with Gasteiger partial charge in [-0.05, 0) is 63.2 Å². The molecule has 7 N–H and O–H groups in total. The predicted octanol–water partition coefficient (Wildman–Crippen LogP) is 2.78. The second-order valence-corrected chi connectivity index (χ2v) is 9.60. The maximum atomic E-state index is 12.9. The molecule has 2 aromatic rings. The number of esters is 1. The number of likely N-dealkylation sites (tertiary alicyclic amines) is 1. The van der Waals surface area contributed by atoms with Gasteiger partial charge in [-0.2, -0.15) is 0 Å². The van der Waals surface area contributed by atoms with Gasteiger partial charge in [-0.25, -0.2) is 10.6 Å². The smallest absolute Gasteiger partial charge is 0.355 e. The molecule has 0 amide bonds. The van der Waals surface area contributed by atoms with Gasteiger partial charge in [0.15, 0.2) is 0 Å². The Labute approximate surface area is 197 Å². The third-order valence-electron chi connectivity index (χ3n) is 6.30. The highest BCUT2D eigenvalue weighted by atomic mass is 16.5. The van der Waals surface area contributed by atoms with Crippen molar-refractivity contribution in [3.05, 3.63) is 41.2 Å². The Morgan fingerprint density at radius 3 is 2.73 bits per heavy atom. The molecule has 0 spiro atoms. The van der Waals surface area contributed by atoms with Gasteiger partial charge in [-0.1, -0.05) is 25.5 Å². The number of benzene rings is 1. The number of hydrogen-bond acceptors (Lipinski definition) is 7. The summed E-state index contributed by atoms with van der Waals surface area (Å²) in [6, 6.07) is 5.99. The first-order valence-corrected chi connectivity index (χ1v) is 12.0. The number of rotatable bonds is 10. The molecule has 0 saturated carbocycles. The van der Waals surface area contributed by atoms with E-state index in [1.807, 2.05) is 25.1 Å². The molecule has 1 aliphatic heterocycles. The lowest BCUT2D eigenvalue weighted by atomic mass is 9.96. The van der Waals surface area contributed by atoms with Gasteiger partial charge in [-0.15, -0.1) is 0 Å². The molecule has 0 unspecified atom stereocenters. The topological polar surface area (TPSA) is 127 Å². The summed E-state index contributed by atoms with van der Waals surface area (Å²) in [5, 5.41) is 2.55. The lowest BCUT2D eigenvalue weighted by Gasteiger charge is -2.33. The molecule has 8 nitrogen and oxygen atoms in total. The van der Waals surface area contributed by atoms with Gasteiger partial charge in [0.1, 0.15) is 5.69 Å². The molecule has 33 heavy (non-hydrogen) atoms. The summed E-state index contributed by atoms with van der Waals surface area (Å²) < 4.78 is 5.53. The zero-order valence-corrected chi connectivity index (χ0v) is 20.3. The van der Waals surface area contributed by atoms with E-state index in [2.05, 4.69) is 23.7 Å². The average molecular weight is 457 g/mol. The van der Waals surface area contributed by atoms with E-state index in [0.29, 0.717) is 48.5 Å². The van der Waals surface area contributed by atoms with Crippen LogP contribution in [-0.2, 0) is 4.74 Å². The highest BCUT2D eigenvalue weighted by Gasteiger charge is 2.23. The van der Waals surface area contributed by atoms with Gasteiger partial charge < -0.3 is 31.1 Å². The van der Waals surface area contributed by atoms with Gasteiger partial charge in [0.2, 0.25) is 0 Å². The highest BCUT2D eigenvalue weighted by molar-refractivity contribution is 6.04. The summed E-state index contributed by atoms with van der Waals surface area (Å²) in [6.07, 6.45) is 4.72. The molecule has 2 heterocycles. The van der Waals surface area contributed by atoms with E-state index in [0.717, 1.165) is 55.4 Å². The van der Waals surface area contributed by atoms with Crippen molar-refractivity contribution < 1.29 is 9.53 Å². The molecular formula is C25H40N6O2. The minimum Gasteiger partial charge on any atom is -0.461 e. The van der Waals surface area contributed by atoms with Crippen molar-refractivity contribution in [1.82, 2.24) is 14.9 Å². The third-order valence-corrected chi connectivity index (χ3v) is 6.30. The molecular weight excluding hydrogens is 416 g/mol. The molecule has 0 bridgehead atoms. The van der Waals surface area contributed by atoms with Crippen LogP contribution < -0.4 is 17.3 Å². The Hall–Kier alpha value is -2.55. The lowest BCUT2D eigenvalue weighted by Crippen LogP contribution is -2.41. The minimum atomic E-state index is -0.397. The molecule has 182 valence electrons. The molecule has 0 atom stereocenters. The second-order valence-electron chi connectivity index (χ2n) is 9.60. The number of nitrogens with one attached hydrogen (secondary N) is 1. The number of aromatic nitrogens is 1. The van der Waals surface area contributed by atoms with Crippen LogP contribution in [0.2, 0.25) is 0 Å². The number of carbonyl (C=O) groups excluding carboxylic acids is 1. The summed E-state index contributed by atoms with van der Waals surface area (Å²) in [7, 11) is 0. The normalized spacial score (nSPS) is 16.0. The summed E-state index contributed by atoms with van der Waals surface area (Å²) in [6.45, 7) is 11.0. The van der Waals surface area contributed by atoms with Crippen LogP contribution in [0.5, 0.6) is 0 Å². The van der Waals surface area contributed by atoms with E-state index in [1.165, 1.54) is 0 Å². The SMILES string of the molecule is Cc1ccc2[nH]c(C(=O)OCCC(C)C)c(/C(N)=C/N(N)CC3CCN(CCN)CC3)c2c1. The van der Waals surface area contributed by atoms with Gasteiger partial charge in [-0.3, -0.25) is 0 Å². The Bertz CT molecular complexity index is 959. The summed E-state index contributed by atoms with van der Waals surface area (Å²) in [5.74, 6) is 6.90. The molecule has 1 aliphatic rings. The Morgan fingerprint density at radius 1 is 1.33 bits per heavy atom. The van der Waals surface area contributed by atoms with Crippen molar-refractivity contribution in [2.45, 2.75) is 40.0 Å². The molecule has 0 aliphatic carbocycles. The number of fused-ring (bicyclic) bond motifs is 1. The molecule has 3 rings (SSSR count). The average Bonchev–Trinajstić information content (AvgIpc) is 3.13. The van der Waals surface area contributed by atoms with Crippen LogP contribution in [-0.4, -0.2) is 60.2 Å². The van der Waals surface area contributed by atoms with Crippen LogP contribution in [0.15, 0.2) is 24.4 Å². The van der Waals surface area contributed by atoms with Crippen molar-refractivity contribution >= 4 is 22.6 Å². The van der Waals surface area contributed by atoms with Crippen LogP contribution in [0.4, 0.5) is 0 Å². The molecule has 1 fully saturated rings. The zero-order valence-electron chi connectivity index (χ0n) is 20.3. The van der Waals surface area contributed by atoms with Gasteiger partial charge in [0.05, 0.1) is 12.3 Å². The number of hydrogen-bond donors (Lipinski definition) is 4. The number of ether oxygens (including phenoxy) is 1. The van der Waals surface area contributed by atoms with Crippen LogP contribution >= 0.6 is 0 Å². The monoisotopic (exact) mass is 456 g/mol. The van der Waals surface area contributed by atoms with Crippen molar-refractivity contribution in [3.8, 4) is 0 Å². The number of piperidine rings is 1. The standard InChI is InChI=1S/C25H40N6O2/c1-17(2)8-13-33-25(32)24-23(20-14-18(3)4-5-22(20)29-24)21(27)16-31(28)15-19-6-10-30(11-7-19)12-9-26/h4-5,14,16-17,19,29H,6-13,15,26-28H2,1-3H3/b21-16-. The van der Waals surface area contributed by atoms with Crippen LogP contribution in [0.25, 0.3) is 16.6 Å². The minimum absolute atomic E-state index is 0.372. The van der Waals surface area contributed by atoms with Gasteiger partial charge in [0, 0.05) is 42.3 Å². The van der Waals surface area contributed by atoms with Crippen LogP contribution in [0.1, 0.15) is 54.7 Å². The predicted molar refractivity (Wildman–Crippen MR) is 134 cm³/mol. The number of aromatic amines is 1. The van der Waals surface area contributed by atoms with Crippen molar-refractivity contribution in [2.24, 2.45) is 29.1 Å². The fraction of sp³-hybridized carbons (Fsp3) is 0.560. The quantitative estimate of drug-likeness (QED) is 0.246. The van der Waals surface area contributed by atoms with E-state index >= 15 is 0 Å². The van der Waals surface area contributed by atoms with E-state index in [-0.39, 0.29) is 0 Å². The first kappa shape index (κ1) is 25.1. The van der Waals surface area contributed by atoms with E-state index in [1.54, 1.807) is 11.2 Å². The Balaban J connectivity index is 1.78. The maximum absolute atomic E-state index is 12.9. The largest absolute Gasteiger partial charge is 0.461 e. The molecule has 1 aromatic carbocycles. The number of hydrazine groups is 1. The van der Waals surface area contributed by atoms with Crippen molar-refractivity contribution in [1.29, 1.82) is 0 Å². The number of H-pyrrole nitrogens is 1. The van der Waals surface area contributed by atoms with Gasteiger partial charge in [0.25, 0.3) is 0 Å². The van der Waals surface area contributed by atoms with E-state index < -0.39 is 5.97 Å². The number of nitrogens with zero attached hydrogens (tertiary/aromatic N) is 2. The Kier molecular flexibility index (Phi) is 8.77. The third kappa shape index (κ3) is 6.72. The van der Waals surface area contributed by atoms with Gasteiger partial charge >= 0.3 is 5.97 Å². The fourth-order valence-corrected chi connectivity index (χ4v) is 4.39. The molecule has 8 heteroatoms. The van der Waals surface area contributed by atoms with Crippen molar-refractivity contribution in [3.63, 3.8) is 0 Å². The number of nitrogens with two attached hydrogens (primary N) is 3. The van der Waals surface area contributed by atoms with Crippen LogP contribution in [0.3, 0.4) is 0 Å². The van der Waals surface area contributed by atoms with E-state index in [4.69, 9.17) is 22.0 Å².